The van der Waals surface area contributed by atoms with Gasteiger partial charge < -0.3 is 15.2 Å². The van der Waals surface area contributed by atoms with E-state index < -0.39 is 11.9 Å². The molecule has 3 atom stereocenters. The normalized spacial score (nSPS) is 22.5. The van der Waals surface area contributed by atoms with Gasteiger partial charge in [0.05, 0.1) is 19.4 Å². The maximum absolute atomic E-state index is 13.2. The molecule has 22 heavy (non-hydrogen) atoms. The standard InChI is InChI=1S/C17H19FN2O2/c1-22-14-4-2-11(3-5-14)15-6-7-16(20-15)17(21)12-8-13(18)10-19-9-12/h2-5,8-10,15-17,20-21H,6-7H2,1H3/t15-,16-,17-/m1/s1. The highest BCUT2D eigenvalue weighted by Crippen LogP contribution is 2.32. The van der Waals surface area contributed by atoms with Crippen molar-refractivity contribution in [3.8, 4) is 5.75 Å². The van der Waals surface area contributed by atoms with Crippen LogP contribution in [0.5, 0.6) is 5.75 Å². The molecule has 2 N–H and O–H groups in total. The van der Waals surface area contributed by atoms with Gasteiger partial charge >= 0.3 is 0 Å². The van der Waals surface area contributed by atoms with Crippen LogP contribution in [0, 0.1) is 5.82 Å². The molecule has 1 aromatic carbocycles. The van der Waals surface area contributed by atoms with E-state index in [0.29, 0.717) is 5.56 Å². The molecule has 5 heteroatoms. The van der Waals surface area contributed by atoms with Crippen LogP contribution in [0.4, 0.5) is 4.39 Å². The lowest BCUT2D eigenvalue weighted by Gasteiger charge is -2.20. The zero-order valence-corrected chi connectivity index (χ0v) is 12.4. The van der Waals surface area contributed by atoms with Gasteiger partial charge in [-0.25, -0.2) is 4.39 Å². The number of aliphatic hydroxyl groups excluding tert-OH is 1. The third-order valence-electron chi connectivity index (χ3n) is 4.15. The molecule has 4 nitrogen and oxygen atoms in total. The Bertz CT molecular complexity index is 633. The van der Waals surface area contributed by atoms with E-state index in [-0.39, 0.29) is 12.1 Å². The van der Waals surface area contributed by atoms with Crippen molar-refractivity contribution in [2.75, 3.05) is 7.11 Å². The Morgan fingerprint density at radius 2 is 2.05 bits per heavy atom. The van der Waals surface area contributed by atoms with E-state index >= 15 is 0 Å². The van der Waals surface area contributed by atoms with Crippen LogP contribution < -0.4 is 10.1 Å². The average molecular weight is 302 g/mol. The topological polar surface area (TPSA) is 54.4 Å². The summed E-state index contributed by atoms with van der Waals surface area (Å²) in [6.45, 7) is 0. The van der Waals surface area contributed by atoms with Crippen molar-refractivity contribution in [3.63, 3.8) is 0 Å². The maximum atomic E-state index is 13.2. The second-order valence-corrected chi connectivity index (χ2v) is 5.56. The smallest absolute Gasteiger partial charge is 0.141 e. The predicted molar refractivity (Wildman–Crippen MR) is 81.0 cm³/mol. The number of methoxy groups -OCH3 is 1. The van der Waals surface area contributed by atoms with Crippen LogP contribution in [0.1, 0.15) is 36.1 Å². The van der Waals surface area contributed by atoms with Gasteiger partial charge in [0, 0.05) is 23.8 Å². The zero-order chi connectivity index (χ0) is 15.5. The molecule has 3 rings (SSSR count). The van der Waals surface area contributed by atoms with Crippen molar-refractivity contribution in [2.45, 2.75) is 31.0 Å². The Morgan fingerprint density at radius 3 is 2.73 bits per heavy atom. The SMILES string of the molecule is COc1ccc([C@H]2CC[C@H]([C@H](O)c3cncc(F)c3)N2)cc1. The molecular formula is C17H19FN2O2. The fourth-order valence-electron chi connectivity index (χ4n) is 2.94. The maximum Gasteiger partial charge on any atom is 0.141 e. The van der Waals surface area contributed by atoms with Crippen LogP contribution in [0.25, 0.3) is 0 Å². The molecule has 0 amide bonds. The van der Waals surface area contributed by atoms with E-state index in [2.05, 4.69) is 10.3 Å². The van der Waals surface area contributed by atoms with E-state index in [9.17, 15) is 9.50 Å². The minimum absolute atomic E-state index is 0.101. The Hall–Kier alpha value is -1.98. The number of aromatic nitrogens is 1. The van der Waals surface area contributed by atoms with Crippen molar-refractivity contribution in [3.05, 3.63) is 59.7 Å². The quantitative estimate of drug-likeness (QED) is 0.912. The number of halogens is 1. The molecule has 0 saturated carbocycles. The minimum Gasteiger partial charge on any atom is -0.497 e. The Kier molecular flexibility index (Phi) is 4.36. The number of nitrogens with zero attached hydrogens (tertiary/aromatic N) is 1. The third kappa shape index (κ3) is 3.10. The van der Waals surface area contributed by atoms with Crippen molar-refractivity contribution in [1.29, 1.82) is 0 Å². The summed E-state index contributed by atoms with van der Waals surface area (Å²) >= 11 is 0. The largest absolute Gasteiger partial charge is 0.497 e. The lowest BCUT2D eigenvalue weighted by Crippen LogP contribution is -2.30. The molecule has 1 aromatic heterocycles. The summed E-state index contributed by atoms with van der Waals surface area (Å²) < 4.78 is 18.4. The van der Waals surface area contributed by atoms with Gasteiger partial charge in [-0.3, -0.25) is 4.98 Å². The molecule has 2 aromatic rings. The fraction of sp³-hybridized carbons (Fsp3) is 0.353. The summed E-state index contributed by atoms with van der Waals surface area (Å²) in [7, 11) is 1.64. The van der Waals surface area contributed by atoms with Gasteiger partial charge in [0.15, 0.2) is 0 Å². The molecule has 1 saturated heterocycles. The number of hydrogen-bond donors (Lipinski definition) is 2. The summed E-state index contributed by atoms with van der Waals surface area (Å²) in [5.74, 6) is 0.394. The molecule has 1 aliphatic rings. The molecular weight excluding hydrogens is 283 g/mol. The Morgan fingerprint density at radius 1 is 1.27 bits per heavy atom. The summed E-state index contributed by atoms with van der Waals surface area (Å²) in [6, 6.07) is 9.32. The molecule has 1 aliphatic heterocycles. The second kappa shape index (κ2) is 6.42. The Balaban J connectivity index is 1.68. The summed E-state index contributed by atoms with van der Waals surface area (Å²) in [6.07, 6.45) is 3.64. The second-order valence-electron chi connectivity index (χ2n) is 5.56. The minimum atomic E-state index is -0.758. The lowest BCUT2D eigenvalue weighted by atomic mass is 10.0. The van der Waals surface area contributed by atoms with Gasteiger partial charge in [-0.15, -0.1) is 0 Å². The monoisotopic (exact) mass is 302 g/mol. The summed E-state index contributed by atoms with van der Waals surface area (Å²) in [5, 5.41) is 13.8. The molecule has 0 radical (unpaired) electrons. The molecule has 0 spiro atoms. The molecule has 2 heterocycles. The fourth-order valence-corrected chi connectivity index (χ4v) is 2.94. The van der Waals surface area contributed by atoms with E-state index in [1.54, 1.807) is 7.11 Å². The number of rotatable bonds is 4. The van der Waals surface area contributed by atoms with Crippen molar-refractivity contribution >= 4 is 0 Å². The molecule has 0 bridgehead atoms. The van der Waals surface area contributed by atoms with Gasteiger partial charge in [0.25, 0.3) is 0 Å². The predicted octanol–water partition coefficient (Wildman–Crippen LogP) is 2.76. The molecule has 0 aliphatic carbocycles. The Labute approximate surface area is 129 Å². The number of pyridine rings is 1. The van der Waals surface area contributed by atoms with Gasteiger partial charge in [-0.1, -0.05) is 12.1 Å². The van der Waals surface area contributed by atoms with Crippen molar-refractivity contribution < 1.29 is 14.2 Å². The van der Waals surface area contributed by atoms with Gasteiger partial charge in [0.1, 0.15) is 11.6 Å². The van der Waals surface area contributed by atoms with Crippen LogP contribution >= 0.6 is 0 Å². The molecule has 0 unspecified atom stereocenters. The highest BCUT2D eigenvalue weighted by Gasteiger charge is 2.31. The van der Waals surface area contributed by atoms with Crippen LogP contribution in [0.15, 0.2) is 42.7 Å². The first-order chi connectivity index (χ1) is 10.7. The first-order valence-electron chi connectivity index (χ1n) is 7.36. The van der Waals surface area contributed by atoms with Crippen LogP contribution in [0.3, 0.4) is 0 Å². The molecule has 116 valence electrons. The van der Waals surface area contributed by atoms with Crippen LogP contribution in [-0.4, -0.2) is 23.2 Å². The van der Waals surface area contributed by atoms with E-state index in [1.807, 2.05) is 24.3 Å². The van der Waals surface area contributed by atoms with E-state index in [1.165, 1.54) is 12.3 Å². The van der Waals surface area contributed by atoms with Crippen molar-refractivity contribution in [2.24, 2.45) is 0 Å². The average Bonchev–Trinajstić information content (AvgIpc) is 3.04. The highest BCUT2D eigenvalue weighted by molar-refractivity contribution is 5.30. The first kappa shape index (κ1) is 14.9. The summed E-state index contributed by atoms with van der Waals surface area (Å²) in [4.78, 5) is 3.80. The van der Waals surface area contributed by atoms with Crippen molar-refractivity contribution in [1.82, 2.24) is 10.3 Å². The molecule has 1 fully saturated rings. The van der Waals surface area contributed by atoms with Crippen LogP contribution in [-0.2, 0) is 0 Å². The first-order valence-corrected chi connectivity index (χ1v) is 7.36. The number of benzene rings is 1. The third-order valence-corrected chi connectivity index (χ3v) is 4.15. The lowest BCUT2D eigenvalue weighted by molar-refractivity contribution is 0.134. The van der Waals surface area contributed by atoms with Gasteiger partial charge in [-0.05, 0) is 36.6 Å². The van der Waals surface area contributed by atoms with E-state index in [4.69, 9.17) is 4.74 Å². The summed E-state index contributed by atoms with van der Waals surface area (Å²) in [5.41, 5.74) is 1.67. The number of hydrogen-bond acceptors (Lipinski definition) is 4. The number of nitrogens with one attached hydrogen (secondary N) is 1. The van der Waals surface area contributed by atoms with Crippen LogP contribution in [0.2, 0.25) is 0 Å². The van der Waals surface area contributed by atoms with Gasteiger partial charge in [-0.2, -0.15) is 0 Å². The van der Waals surface area contributed by atoms with E-state index in [0.717, 1.165) is 30.4 Å². The van der Waals surface area contributed by atoms with Gasteiger partial charge in [0.2, 0.25) is 0 Å². The number of ether oxygens (including phenoxy) is 1. The number of aliphatic hydroxyl groups is 1. The zero-order valence-electron chi connectivity index (χ0n) is 12.4. The highest BCUT2D eigenvalue weighted by atomic mass is 19.1.